The maximum atomic E-state index is 11.1. The fourth-order valence-electron chi connectivity index (χ4n) is 2.48. The van der Waals surface area contributed by atoms with Gasteiger partial charge in [0, 0.05) is 23.6 Å². The molecular formula is C18H15NO2. The van der Waals surface area contributed by atoms with Crippen LogP contribution in [-0.4, -0.2) is 18.4 Å². The van der Waals surface area contributed by atoms with Gasteiger partial charge in [-0.15, -0.1) is 0 Å². The summed E-state index contributed by atoms with van der Waals surface area (Å²) in [5.41, 5.74) is 2.72. The molecule has 1 aromatic heterocycles. The first-order chi connectivity index (χ1) is 10.3. The molecule has 3 rings (SSSR count). The molecule has 2 aromatic carbocycles. The largest absolute Gasteiger partial charge is 0.497 e. The van der Waals surface area contributed by atoms with Gasteiger partial charge in [0.25, 0.3) is 0 Å². The smallest absolute Gasteiger partial charge is 0.152 e. The van der Waals surface area contributed by atoms with Gasteiger partial charge in [0.2, 0.25) is 0 Å². The molecule has 0 aliphatic carbocycles. The Kier molecular flexibility index (Phi) is 3.65. The second-order valence-corrected chi connectivity index (χ2v) is 4.85. The monoisotopic (exact) mass is 277 g/mol. The van der Waals surface area contributed by atoms with Crippen LogP contribution >= 0.6 is 0 Å². The first-order valence-corrected chi connectivity index (χ1v) is 6.76. The van der Waals surface area contributed by atoms with Crippen molar-refractivity contribution in [2.24, 2.45) is 0 Å². The van der Waals surface area contributed by atoms with Gasteiger partial charge in [-0.05, 0) is 23.1 Å². The van der Waals surface area contributed by atoms with Crippen molar-refractivity contribution in [3.8, 4) is 5.75 Å². The molecule has 0 unspecified atom stereocenters. The van der Waals surface area contributed by atoms with Gasteiger partial charge in [0.05, 0.1) is 12.8 Å². The van der Waals surface area contributed by atoms with E-state index in [1.807, 2.05) is 48.5 Å². The molecule has 3 heteroatoms. The summed E-state index contributed by atoms with van der Waals surface area (Å²) in [6, 6.07) is 15.8. The third-order valence-electron chi connectivity index (χ3n) is 3.54. The van der Waals surface area contributed by atoms with E-state index in [4.69, 9.17) is 4.74 Å². The number of pyridine rings is 1. The molecule has 0 aliphatic heterocycles. The molecule has 0 atom stereocenters. The number of nitrogens with zero attached hydrogens (tertiary/aromatic N) is 1. The van der Waals surface area contributed by atoms with E-state index in [0.717, 1.165) is 34.1 Å². The van der Waals surface area contributed by atoms with Crippen LogP contribution in [0.25, 0.3) is 10.8 Å². The highest BCUT2D eigenvalue weighted by Gasteiger charge is 2.08. The molecule has 0 saturated heterocycles. The van der Waals surface area contributed by atoms with E-state index < -0.39 is 0 Å². The minimum atomic E-state index is 0.625. The fourth-order valence-corrected chi connectivity index (χ4v) is 2.48. The number of rotatable bonds is 4. The maximum Gasteiger partial charge on any atom is 0.152 e. The van der Waals surface area contributed by atoms with Gasteiger partial charge in [-0.2, -0.15) is 0 Å². The summed E-state index contributed by atoms with van der Waals surface area (Å²) in [4.78, 5) is 15.6. The van der Waals surface area contributed by atoms with Crippen molar-refractivity contribution in [3.05, 3.63) is 71.5 Å². The first kappa shape index (κ1) is 13.3. The molecule has 3 aromatic rings. The average Bonchev–Trinajstić information content (AvgIpc) is 2.55. The SMILES string of the molecule is COc1cccc(Cc2ncc(C=O)c3ccccc23)c1. The van der Waals surface area contributed by atoms with Crippen molar-refractivity contribution in [1.29, 1.82) is 0 Å². The van der Waals surface area contributed by atoms with Crippen LogP contribution in [0.1, 0.15) is 21.6 Å². The molecule has 1 heterocycles. The van der Waals surface area contributed by atoms with E-state index in [1.54, 1.807) is 13.3 Å². The Hall–Kier alpha value is -2.68. The Morgan fingerprint density at radius 3 is 2.67 bits per heavy atom. The Morgan fingerprint density at radius 2 is 1.90 bits per heavy atom. The van der Waals surface area contributed by atoms with Crippen LogP contribution in [0.2, 0.25) is 0 Å². The lowest BCUT2D eigenvalue weighted by Crippen LogP contribution is -1.97. The van der Waals surface area contributed by atoms with Gasteiger partial charge in [0.15, 0.2) is 6.29 Å². The highest BCUT2D eigenvalue weighted by atomic mass is 16.5. The molecule has 0 spiro atoms. The molecule has 3 nitrogen and oxygen atoms in total. The van der Waals surface area contributed by atoms with Crippen LogP contribution < -0.4 is 4.74 Å². The van der Waals surface area contributed by atoms with Gasteiger partial charge in [-0.25, -0.2) is 0 Å². The van der Waals surface area contributed by atoms with Gasteiger partial charge in [-0.1, -0.05) is 36.4 Å². The van der Waals surface area contributed by atoms with Crippen molar-refractivity contribution >= 4 is 17.1 Å². The van der Waals surface area contributed by atoms with Gasteiger partial charge in [0.1, 0.15) is 5.75 Å². The molecule has 0 saturated carbocycles. The molecule has 104 valence electrons. The van der Waals surface area contributed by atoms with Crippen LogP contribution in [0.15, 0.2) is 54.7 Å². The second kappa shape index (κ2) is 5.75. The number of benzene rings is 2. The van der Waals surface area contributed by atoms with Crippen molar-refractivity contribution in [2.45, 2.75) is 6.42 Å². The molecular weight excluding hydrogens is 262 g/mol. The lowest BCUT2D eigenvalue weighted by atomic mass is 10.0. The molecule has 0 aliphatic rings. The summed E-state index contributed by atoms with van der Waals surface area (Å²) in [6.07, 6.45) is 3.20. The Balaban J connectivity index is 2.06. The van der Waals surface area contributed by atoms with Crippen LogP contribution in [-0.2, 0) is 6.42 Å². The lowest BCUT2D eigenvalue weighted by Gasteiger charge is -2.08. The fraction of sp³-hybridized carbons (Fsp3) is 0.111. The number of hydrogen-bond donors (Lipinski definition) is 0. The number of carbonyl (C=O) groups is 1. The average molecular weight is 277 g/mol. The van der Waals surface area contributed by atoms with Crippen LogP contribution in [0, 0.1) is 0 Å². The normalized spacial score (nSPS) is 10.5. The van der Waals surface area contributed by atoms with E-state index in [1.165, 1.54) is 0 Å². The number of carbonyl (C=O) groups excluding carboxylic acids is 1. The van der Waals surface area contributed by atoms with Crippen LogP contribution in [0.4, 0.5) is 0 Å². The minimum absolute atomic E-state index is 0.625. The second-order valence-electron chi connectivity index (χ2n) is 4.85. The van der Waals surface area contributed by atoms with E-state index in [0.29, 0.717) is 12.0 Å². The number of aromatic nitrogens is 1. The lowest BCUT2D eigenvalue weighted by molar-refractivity contribution is 0.112. The van der Waals surface area contributed by atoms with Gasteiger partial charge in [-0.3, -0.25) is 9.78 Å². The Morgan fingerprint density at radius 1 is 1.10 bits per heavy atom. The Bertz CT molecular complexity index is 796. The molecule has 21 heavy (non-hydrogen) atoms. The maximum absolute atomic E-state index is 11.1. The summed E-state index contributed by atoms with van der Waals surface area (Å²) >= 11 is 0. The predicted octanol–water partition coefficient (Wildman–Crippen LogP) is 3.65. The standard InChI is InChI=1S/C18H15NO2/c1-21-15-6-4-5-13(9-15)10-18-17-8-3-2-7-16(17)14(12-20)11-19-18/h2-9,11-12H,10H2,1H3. The van der Waals surface area contributed by atoms with Gasteiger partial charge >= 0.3 is 0 Å². The number of methoxy groups -OCH3 is 1. The molecule has 0 fully saturated rings. The van der Waals surface area contributed by atoms with Crippen molar-refractivity contribution in [2.75, 3.05) is 7.11 Å². The summed E-state index contributed by atoms with van der Waals surface area (Å²) in [7, 11) is 1.66. The van der Waals surface area contributed by atoms with Crippen molar-refractivity contribution in [1.82, 2.24) is 4.98 Å². The third kappa shape index (κ3) is 2.63. The highest BCUT2D eigenvalue weighted by Crippen LogP contribution is 2.23. The zero-order valence-electron chi connectivity index (χ0n) is 11.7. The van der Waals surface area contributed by atoms with Crippen LogP contribution in [0.3, 0.4) is 0 Å². The summed E-state index contributed by atoms with van der Waals surface area (Å²) in [5.74, 6) is 0.835. The number of hydrogen-bond acceptors (Lipinski definition) is 3. The van der Waals surface area contributed by atoms with Crippen molar-refractivity contribution in [3.63, 3.8) is 0 Å². The minimum Gasteiger partial charge on any atom is -0.497 e. The van der Waals surface area contributed by atoms with Crippen molar-refractivity contribution < 1.29 is 9.53 Å². The molecule has 0 radical (unpaired) electrons. The zero-order valence-corrected chi connectivity index (χ0v) is 11.7. The molecule has 0 bridgehead atoms. The van der Waals surface area contributed by atoms with Gasteiger partial charge < -0.3 is 4.74 Å². The molecule has 0 N–H and O–H groups in total. The van der Waals surface area contributed by atoms with E-state index in [2.05, 4.69) is 4.98 Å². The van der Waals surface area contributed by atoms with Crippen LogP contribution in [0.5, 0.6) is 5.75 Å². The number of ether oxygens (including phenoxy) is 1. The predicted molar refractivity (Wildman–Crippen MR) is 82.9 cm³/mol. The third-order valence-corrected chi connectivity index (χ3v) is 3.54. The first-order valence-electron chi connectivity index (χ1n) is 6.76. The van der Waals surface area contributed by atoms with E-state index in [-0.39, 0.29) is 0 Å². The quantitative estimate of drug-likeness (QED) is 0.683. The number of aldehydes is 1. The topological polar surface area (TPSA) is 39.2 Å². The summed E-state index contributed by atoms with van der Waals surface area (Å²) in [5, 5.41) is 1.96. The van der Waals surface area contributed by atoms with E-state index in [9.17, 15) is 4.79 Å². The Labute approximate surface area is 123 Å². The highest BCUT2D eigenvalue weighted by molar-refractivity contribution is 5.98. The molecule has 0 amide bonds. The number of fused-ring (bicyclic) bond motifs is 1. The van der Waals surface area contributed by atoms with E-state index >= 15 is 0 Å². The zero-order chi connectivity index (χ0) is 14.7. The summed E-state index contributed by atoms with van der Waals surface area (Å²) < 4.78 is 5.25. The summed E-state index contributed by atoms with van der Waals surface area (Å²) in [6.45, 7) is 0.